The second-order valence-electron chi connectivity index (χ2n) is 11.1. The van der Waals surface area contributed by atoms with Gasteiger partial charge < -0.3 is 30.3 Å². The zero-order valence-electron chi connectivity index (χ0n) is 22.8. The average molecular weight is 568 g/mol. The van der Waals surface area contributed by atoms with E-state index in [9.17, 15) is 14.4 Å². The predicted octanol–water partition coefficient (Wildman–Crippen LogP) is 2.64. The summed E-state index contributed by atoms with van der Waals surface area (Å²) in [5.74, 6) is 0.473. The molecule has 3 unspecified atom stereocenters. The number of benzene rings is 1. The van der Waals surface area contributed by atoms with Gasteiger partial charge in [0.25, 0.3) is 5.91 Å². The van der Waals surface area contributed by atoms with Gasteiger partial charge in [0.1, 0.15) is 11.9 Å². The van der Waals surface area contributed by atoms with Crippen molar-refractivity contribution in [3.05, 3.63) is 47.0 Å². The number of piperidine rings is 2. The van der Waals surface area contributed by atoms with E-state index >= 15 is 0 Å². The monoisotopic (exact) mass is 567 g/mol. The highest BCUT2D eigenvalue weighted by atomic mass is 32.2. The van der Waals surface area contributed by atoms with Gasteiger partial charge in [0.05, 0.1) is 29.5 Å². The van der Waals surface area contributed by atoms with Crippen LogP contribution in [0.5, 0.6) is 5.75 Å². The molecule has 4 amide bonds. The minimum Gasteiger partial charge on any atom is -0.490 e. The number of aryl methyl sites for hydroxylation is 1. The molecule has 4 saturated heterocycles. The average Bonchev–Trinajstić information content (AvgIpc) is 3.33. The van der Waals surface area contributed by atoms with Crippen LogP contribution in [0.3, 0.4) is 0 Å². The molecular formula is C29H37N5O5S. The number of likely N-dealkylation sites (tertiary alicyclic amines) is 1. The fraction of sp³-hybridized carbons (Fsp3) is 0.552. The first-order valence-corrected chi connectivity index (χ1v) is 15.1. The third-order valence-electron chi connectivity index (χ3n) is 8.49. The molecule has 40 heavy (non-hydrogen) atoms. The number of carbonyl (C=O) groups excluding carboxylic acids is 3. The van der Waals surface area contributed by atoms with E-state index in [2.05, 4.69) is 22.5 Å². The van der Waals surface area contributed by atoms with Crippen molar-refractivity contribution in [3.63, 3.8) is 0 Å². The zero-order valence-corrected chi connectivity index (χ0v) is 23.6. The fourth-order valence-electron chi connectivity index (χ4n) is 6.54. The van der Waals surface area contributed by atoms with Crippen LogP contribution in [0.15, 0.2) is 41.5 Å². The summed E-state index contributed by atoms with van der Waals surface area (Å²) in [6.45, 7) is 8.92. The number of hydrogen-bond acceptors (Lipinski definition) is 7. The summed E-state index contributed by atoms with van der Waals surface area (Å²) in [4.78, 5) is 43.4. The molecule has 0 aromatic heterocycles. The van der Waals surface area contributed by atoms with E-state index in [1.54, 1.807) is 4.90 Å². The van der Waals surface area contributed by atoms with Crippen molar-refractivity contribution in [2.75, 3.05) is 37.7 Å². The molecule has 0 bridgehead atoms. The number of anilines is 1. The Morgan fingerprint density at radius 2 is 2.05 bits per heavy atom. The Morgan fingerprint density at radius 3 is 2.83 bits per heavy atom. The lowest BCUT2D eigenvalue weighted by molar-refractivity contribution is -0.128. The van der Waals surface area contributed by atoms with Crippen molar-refractivity contribution in [1.29, 1.82) is 0 Å². The Balaban J connectivity index is 1.20. The van der Waals surface area contributed by atoms with Crippen molar-refractivity contribution in [3.8, 4) is 5.75 Å². The molecule has 0 spiro atoms. The molecule has 0 aliphatic carbocycles. The van der Waals surface area contributed by atoms with Crippen LogP contribution in [0, 0.1) is 12.8 Å². The topological polar surface area (TPSA) is 112 Å². The van der Waals surface area contributed by atoms with Crippen LogP contribution in [0.1, 0.15) is 37.7 Å². The molecule has 5 heterocycles. The molecule has 1 aromatic carbocycles. The highest BCUT2D eigenvalue weighted by Crippen LogP contribution is 2.48. The molecule has 0 radical (unpaired) electrons. The Hall–Kier alpha value is -3.02. The smallest absolute Gasteiger partial charge is 0.326 e. The van der Waals surface area contributed by atoms with Crippen LogP contribution in [0.25, 0.3) is 0 Å². The molecule has 6 rings (SSSR count). The molecule has 4 atom stereocenters. The van der Waals surface area contributed by atoms with Gasteiger partial charge in [-0.1, -0.05) is 18.3 Å². The highest BCUT2D eigenvalue weighted by molar-refractivity contribution is 8.04. The second kappa shape index (κ2) is 11.5. The van der Waals surface area contributed by atoms with Gasteiger partial charge >= 0.3 is 6.03 Å². The molecule has 10 nitrogen and oxygen atoms in total. The van der Waals surface area contributed by atoms with Gasteiger partial charge in [-0.3, -0.25) is 14.5 Å². The standard InChI is InChI=1S/C29H37N5O5S/c1-3-23(35)33-12-4-5-18(16-33)31-27(36)26-25-24-22(8-11-30-28(24)40-26)34(29(37)32-25)21-7-6-20(15-17(21)2)39-19-9-13-38-14-10-19/h3,6-7,15,18-19,22,24,28,30H,1,4-5,8-14,16H2,2H3,(H,31,36)(H,32,37)/t18-,22?,24?,28?/m1/s1. The first kappa shape index (κ1) is 27.2. The second-order valence-corrected chi connectivity index (χ2v) is 12.2. The van der Waals surface area contributed by atoms with E-state index in [4.69, 9.17) is 9.47 Å². The SMILES string of the molecule is C=CC(=O)N1CCC[C@@H](NC(=O)C2=C3NC(=O)N(c4ccc(OC5CCOCC5)cc4C)C4CCNC(S2)C34)C1. The number of ether oxygens (including phenoxy) is 2. The Labute approximate surface area is 238 Å². The van der Waals surface area contributed by atoms with Crippen LogP contribution in [0.2, 0.25) is 0 Å². The van der Waals surface area contributed by atoms with Gasteiger partial charge in [-0.15, -0.1) is 0 Å². The van der Waals surface area contributed by atoms with Crippen LogP contribution in [0.4, 0.5) is 10.5 Å². The number of nitrogens with zero attached hydrogens (tertiary/aromatic N) is 2. The van der Waals surface area contributed by atoms with E-state index in [1.807, 2.05) is 30.0 Å². The minimum absolute atomic E-state index is 0.000712. The predicted molar refractivity (Wildman–Crippen MR) is 153 cm³/mol. The number of nitrogens with one attached hydrogen (secondary N) is 3. The number of urea groups is 1. The lowest BCUT2D eigenvalue weighted by Crippen LogP contribution is -2.62. The first-order valence-electron chi connectivity index (χ1n) is 14.2. The third kappa shape index (κ3) is 5.22. The molecule has 0 saturated carbocycles. The molecular weight excluding hydrogens is 530 g/mol. The van der Waals surface area contributed by atoms with Crippen LogP contribution in [-0.2, 0) is 14.3 Å². The van der Waals surface area contributed by atoms with E-state index < -0.39 is 0 Å². The highest BCUT2D eigenvalue weighted by Gasteiger charge is 2.52. The molecule has 5 aliphatic rings. The van der Waals surface area contributed by atoms with Crippen molar-refractivity contribution in [1.82, 2.24) is 20.9 Å². The minimum atomic E-state index is -0.216. The maximum absolute atomic E-state index is 13.6. The summed E-state index contributed by atoms with van der Waals surface area (Å²) >= 11 is 1.49. The van der Waals surface area contributed by atoms with Gasteiger partial charge in [-0.2, -0.15) is 0 Å². The van der Waals surface area contributed by atoms with Crippen molar-refractivity contribution < 1.29 is 23.9 Å². The largest absolute Gasteiger partial charge is 0.490 e. The van der Waals surface area contributed by atoms with E-state index in [1.165, 1.54) is 17.8 Å². The van der Waals surface area contributed by atoms with Crippen LogP contribution >= 0.6 is 11.8 Å². The summed E-state index contributed by atoms with van der Waals surface area (Å²) in [6.07, 6.45) is 5.63. The van der Waals surface area contributed by atoms with Gasteiger partial charge in [0.2, 0.25) is 5.91 Å². The van der Waals surface area contributed by atoms with Crippen molar-refractivity contribution in [2.45, 2.75) is 62.6 Å². The van der Waals surface area contributed by atoms with Gasteiger partial charge in [-0.25, -0.2) is 4.79 Å². The zero-order chi connectivity index (χ0) is 27.8. The summed E-state index contributed by atoms with van der Waals surface area (Å²) < 4.78 is 11.6. The molecule has 5 aliphatic heterocycles. The number of amides is 4. The number of thioether (sulfide) groups is 1. The van der Waals surface area contributed by atoms with E-state index in [-0.39, 0.29) is 47.3 Å². The molecule has 11 heteroatoms. The lowest BCUT2D eigenvalue weighted by Gasteiger charge is -2.46. The van der Waals surface area contributed by atoms with Crippen LogP contribution in [-0.4, -0.2) is 79.2 Å². The normalized spacial score (nSPS) is 28.6. The van der Waals surface area contributed by atoms with E-state index in [0.717, 1.165) is 68.9 Å². The third-order valence-corrected chi connectivity index (χ3v) is 9.84. The summed E-state index contributed by atoms with van der Waals surface area (Å²) in [7, 11) is 0. The summed E-state index contributed by atoms with van der Waals surface area (Å²) in [5.41, 5.74) is 2.54. The molecule has 4 fully saturated rings. The maximum atomic E-state index is 13.6. The summed E-state index contributed by atoms with van der Waals surface area (Å²) in [6, 6.07) is 5.52. The van der Waals surface area contributed by atoms with E-state index in [0.29, 0.717) is 23.7 Å². The summed E-state index contributed by atoms with van der Waals surface area (Å²) in [5, 5.41) is 9.77. The number of hydrogen-bond donors (Lipinski definition) is 3. The Morgan fingerprint density at radius 1 is 1.23 bits per heavy atom. The van der Waals surface area contributed by atoms with Gasteiger partial charge in [0.15, 0.2) is 0 Å². The number of rotatable bonds is 6. The quantitative estimate of drug-likeness (QED) is 0.453. The maximum Gasteiger partial charge on any atom is 0.326 e. The van der Waals surface area contributed by atoms with Crippen LogP contribution < -0.4 is 25.6 Å². The van der Waals surface area contributed by atoms with Crippen molar-refractivity contribution in [2.24, 2.45) is 5.92 Å². The molecule has 214 valence electrons. The lowest BCUT2D eigenvalue weighted by atomic mass is 9.86. The van der Waals surface area contributed by atoms with Gasteiger partial charge in [0, 0.05) is 49.3 Å². The Bertz CT molecular complexity index is 1230. The van der Waals surface area contributed by atoms with Crippen molar-refractivity contribution >= 4 is 35.3 Å². The molecule has 1 aromatic rings. The Kier molecular flexibility index (Phi) is 7.78. The fourth-order valence-corrected chi connectivity index (χ4v) is 7.93. The first-order chi connectivity index (χ1) is 19.4. The van der Waals surface area contributed by atoms with Gasteiger partial charge in [-0.05, 0) is 62.6 Å². The number of carbonyl (C=O) groups is 3. The molecule has 3 N–H and O–H groups in total.